The van der Waals surface area contributed by atoms with Gasteiger partial charge in [-0.25, -0.2) is 4.79 Å². The number of hydrogen-bond acceptors (Lipinski definition) is 6. The normalized spacial score (nSPS) is 23.5. The Bertz CT molecular complexity index is 553. The van der Waals surface area contributed by atoms with E-state index < -0.39 is 0 Å². The molecule has 3 rings (SSSR count). The molecular weight excluding hydrogens is 292 g/mol. The summed E-state index contributed by atoms with van der Waals surface area (Å²) in [7, 11) is 0. The highest BCUT2D eigenvalue weighted by atomic mass is 32.1. The van der Waals surface area contributed by atoms with Gasteiger partial charge < -0.3 is 9.64 Å². The van der Waals surface area contributed by atoms with Gasteiger partial charge in [0.25, 0.3) is 5.91 Å². The molecule has 0 aromatic carbocycles. The van der Waals surface area contributed by atoms with E-state index in [1.807, 2.05) is 16.7 Å². The van der Waals surface area contributed by atoms with Gasteiger partial charge in [0.05, 0.1) is 11.7 Å². The van der Waals surface area contributed by atoms with Crippen LogP contribution in [0, 0.1) is 6.92 Å². The van der Waals surface area contributed by atoms with Crippen LogP contribution in [0.25, 0.3) is 0 Å². The molecule has 0 aliphatic carbocycles. The predicted molar refractivity (Wildman–Crippen MR) is 76.2 cm³/mol. The third-order valence-corrected chi connectivity index (χ3v) is 4.94. The summed E-state index contributed by atoms with van der Waals surface area (Å²) in [5.41, 5.74) is 0.684. The molecule has 2 amide bonds. The van der Waals surface area contributed by atoms with Gasteiger partial charge in [-0.05, 0) is 38.2 Å². The molecule has 0 bridgehead atoms. The van der Waals surface area contributed by atoms with E-state index >= 15 is 0 Å². The van der Waals surface area contributed by atoms with E-state index in [2.05, 4.69) is 9.59 Å². The fraction of sp³-hybridized carbons (Fsp3) is 0.692. The van der Waals surface area contributed by atoms with Gasteiger partial charge in [0.2, 0.25) is 0 Å². The van der Waals surface area contributed by atoms with Crippen LogP contribution in [-0.2, 0) is 4.74 Å². The van der Waals surface area contributed by atoms with E-state index in [4.69, 9.17) is 4.74 Å². The smallest absolute Gasteiger partial charge is 0.410 e. The number of carbonyl (C=O) groups is 2. The van der Waals surface area contributed by atoms with Crippen molar-refractivity contribution < 1.29 is 14.3 Å². The van der Waals surface area contributed by atoms with Gasteiger partial charge in [0.1, 0.15) is 11.5 Å². The lowest BCUT2D eigenvalue weighted by Crippen LogP contribution is -2.49. The molecule has 0 radical (unpaired) electrons. The van der Waals surface area contributed by atoms with Gasteiger partial charge in [-0.2, -0.15) is 0 Å². The van der Waals surface area contributed by atoms with Gasteiger partial charge >= 0.3 is 6.09 Å². The molecule has 0 spiro atoms. The number of cyclic esters (lactones) is 1. The molecule has 2 saturated heterocycles. The summed E-state index contributed by atoms with van der Waals surface area (Å²) in [6.45, 7) is 5.55. The zero-order valence-electron chi connectivity index (χ0n) is 12.1. The van der Waals surface area contributed by atoms with Crippen LogP contribution in [0.2, 0.25) is 0 Å². The Balaban J connectivity index is 1.62. The zero-order chi connectivity index (χ0) is 15.0. The molecule has 2 aliphatic rings. The highest BCUT2D eigenvalue weighted by Crippen LogP contribution is 2.25. The maximum Gasteiger partial charge on any atom is 0.410 e. The Labute approximate surface area is 127 Å². The number of ether oxygens (including phenoxy) is 1. The number of hydrogen-bond donors (Lipinski definition) is 0. The standard InChI is InChI=1S/C13H18N4O3S/c1-8-7-20-13(19)17(8)10-3-5-16(6-4-10)12(18)11-9(2)14-15-21-11/h8,10H,3-7H2,1-2H3. The highest BCUT2D eigenvalue weighted by Gasteiger charge is 2.38. The number of rotatable bonds is 2. The summed E-state index contributed by atoms with van der Waals surface area (Å²) in [4.78, 5) is 28.4. The van der Waals surface area contributed by atoms with E-state index in [0.29, 0.717) is 30.3 Å². The van der Waals surface area contributed by atoms with Gasteiger partial charge in [-0.1, -0.05) is 4.49 Å². The molecule has 2 fully saturated rings. The Morgan fingerprint density at radius 1 is 1.38 bits per heavy atom. The van der Waals surface area contributed by atoms with Crippen LogP contribution in [0.3, 0.4) is 0 Å². The lowest BCUT2D eigenvalue weighted by Gasteiger charge is -2.37. The first-order valence-corrected chi connectivity index (χ1v) is 7.88. The maximum absolute atomic E-state index is 12.4. The summed E-state index contributed by atoms with van der Waals surface area (Å²) >= 11 is 1.14. The molecule has 2 aliphatic heterocycles. The number of carbonyl (C=O) groups excluding carboxylic acids is 2. The quantitative estimate of drug-likeness (QED) is 0.823. The predicted octanol–water partition coefficient (Wildman–Crippen LogP) is 1.29. The molecule has 0 saturated carbocycles. The van der Waals surface area contributed by atoms with Crippen LogP contribution < -0.4 is 0 Å². The third-order valence-electron chi connectivity index (χ3n) is 4.12. The largest absolute Gasteiger partial charge is 0.447 e. The number of nitrogens with zero attached hydrogens (tertiary/aromatic N) is 4. The van der Waals surface area contributed by atoms with E-state index in [1.165, 1.54) is 0 Å². The van der Waals surface area contributed by atoms with Crippen molar-refractivity contribution in [3.63, 3.8) is 0 Å². The molecule has 8 heteroatoms. The van der Waals surface area contributed by atoms with Crippen molar-refractivity contribution in [3.8, 4) is 0 Å². The van der Waals surface area contributed by atoms with Crippen LogP contribution in [-0.4, -0.2) is 63.2 Å². The average molecular weight is 310 g/mol. The Kier molecular flexibility index (Phi) is 3.79. The van der Waals surface area contributed by atoms with Crippen molar-refractivity contribution in [2.75, 3.05) is 19.7 Å². The number of aromatic nitrogens is 2. The molecule has 0 N–H and O–H groups in total. The van der Waals surface area contributed by atoms with Gasteiger partial charge in [-0.3, -0.25) is 9.69 Å². The summed E-state index contributed by atoms with van der Waals surface area (Å²) in [6.07, 6.45) is 1.35. The number of amides is 2. The van der Waals surface area contributed by atoms with Crippen molar-refractivity contribution in [1.82, 2.24) is 19.4 Å². The topological polar surface area (TPSA) is 75.6 Å². The molecule has 3 heterocycles. The minimum Gasteiger partial charge on any atom is -0.447 e. The van der Waals surface area contributed by atoms with E-state index in [-0.39, 0.29) is 24.1 Å². The van der Waals surface area contributed by atoms with Crippen molar-refractivity contribution in [2.45, 2.75) is 38.8 Å². The molecule has 21 heavy (non-hydrogen) atoms. The van der Waals surface area contributed by atoms with E-state index in [0.717, 1.165) is 24.4 Å². The van der Waals surface area contributed by atoms with Gasteiger partial charge in [-0.15, -0.1) is 5.10 Å². The van der Waals surface area contributed by atoms with Crippen LogP contribution in [0.5, 0.6) is 0 Å². The SMILES string of the molecule is Cc1nnsc1C(=O)N1CCC(N2C(=O)OCC2C)CC1. The first kappa shape index (κ1) is 14.2. The molecule has 1 aromatic heterocycles. The van der Waals surface area contributed by atoms with E-state index in [1.54, 1.807) is 6.92 Å². The van der Waals surface area contributed by atoms with Crippen molar-refractivity contribution in [1.29, 1.82) is 0 Å². The maximum atomic E-state index is 12.4. The van der Waals surface area contributed by atoms with E-state index in [9.17, 15) is 9.59 Å². The summed E-state index contributed by atoms with van der Waals surface area (Å²) in [5.74, 6) is -0.00185. The molecular formula is C13H18N4O3S. The van der Waals surface area contributed by atoms with Crippen LogP contribution in [0.15, 0.2) is 0 Å². The van der Waals surface area contributed by atoms with Crippen molar-refractivity contribution in [2.24, 2.45) is 0 Å². The molecule has 114 valence electrons. The lowest BCUT2D eigenvalue weighted by molar-refractivity contribution is 0.0645. The summed E-state index contributed by atoms with van der Waals surface area (Å²) in [6, 6.07) is 0.289. The Morgan fingerprint density at radius 2 is 2.10 bits per heavy atom. The number of likely N-dealkylation sites (tertiary alicyclic amines) is 1. The van der Waals surface area contributed by atoms with Gasteiger partial charge in [0, 0.05) is 19.1 Å². The number of piperidine rings is 1. The average Bonchev–Trinajstić information content (AvgIpc) is 3.05. The fourth-order valence-electron chi connectivity index (χ4n) is 2.95. The zero-order valence-corrected chi connectivity index (χ0v) is 12.9. The fourth-order valence-corrected chi connectivity index (χ4v) is 3.58. The van der Waals surface area contributed by atoms with Gasteiger partial charge in [0.15, 0.2) is 0 Å². The minimum atomic E-state index is -0.227. The van der Waals surface area contributed by atoms with Crippen molar-refractivity contribution in [3.05, 3.63) is 10.6 Å². The third kappa shape index (κ3) is 2.59. The monoisotopic (exact) mass is 310 g/mol. The Hall–Kier alpha value is -1.70. The first-order chi connectivity index (χ1) is 10.1. The molecule has 1 atom stereocenters. The van der Waals surface area contributed by atoms with Crippen LogP contribution in [0.4, 0.5) is 4.79 Å². The molecule has 1 aromatic rings. The summed E-state index contributed by atoms with van der Waals surface area (Å²) < 4.78 is 8.88. The number of aryl methyl sites for hydroxylation is 1. The second kappa shape index (κ2) is 5.59. The van der Waals surface area contributed by atoms with Crippen LogP contribution >= 0.6 is 11.5 Å². The van der Waals surface area contributed by atoms with Crippen molar-refractivity contribution >= 4 is 23.5 Å². The molecule has 7 nitrogen and oxygen atoms in total. The molecule has 1 unspecified atom stereocenters. The minimum absolute atomic E-state index is 0.00185. The first-order valence-electron chi connectivity index (χ1n) is 7.11. The second-order valence-electron chi connectivity index (χ2n) is 5.54. The highest BCUT2D eigenvalue weighted by molar-refractivity contribution is 7.07. The second-order valence-corrected chi connectivity index (χ2v) is 6.30. The Morgan fingerprint density at radius 3 is 2.62 bits per heavy atom. The van der Waals surface area contributed by atoms with Crippen LogP contribution in [0.1, 0.15) is 35.1 Å². The summed E-state index contributed by atoms with van der Waals surface area (Å²) in [5, 5.41) is 3.88. The lowest BCUT2D eigenvalue weighted by atomic mass is 10.0.